The highest BCUT2D eigenvalue weighted by molar-refractivity contribution is 5.98. The van der Waals surface area contributed by atoms with Crippen LogP contribution >= 0.6 is 0 Å². The monoisotopic (exact) mass is 329 g/mol. The van der Waals surface area contributed by atoms with E-state index in [1.165, 1.54) is 0 Å². The summed E-state index contributed by atoms with van der Waals surface area (Å²) in [6, 6.07) is 7.32. The van der Waals surface area contributed by atoms with Crippen LogP contribution in [0.3, 0.4) is 0 Å². The third-order valence-electron chi connectivity index (χ3n) is 5.16. The quantitative estimate of drug-likeness (QED) is 0.842. The molecule has 24 heavy (non-hydrogen) atoms. The summed E-state index contributed by atoms with van der Waals surface area (Å²) in [7, 11) is 2.11. The zero-order valence-electron chi connectivity index (χ0n) is 14.5. The van der Waals surface area contributed by atoms with Crippen LogP contribution in [0, 0.1) is 5.92 Å². The molecule has 2 fully saturated rings. The van der Waals surface area contributed by atoms with Crippen molar-refractivity contribution in [3.05, 3.63) is 29.8 Å². The SMILES string of the molecule is CN1CCN(CC(=O)c2ccc(NC(=O)C3CCCC3)cc2)CC1. The van der Waals surface area contributed by atoms with Crippen molar-refractivity contribution in [2.24, 2.45) is 5.92 Å². The Morgan fingerprint density at radius 2 is 1.67 bits per heavy atom. The molecule has 5 heteroatoms. The highest BCUT2D eigenvalue weighted by Gasteiger charge is 2.22. The van der Waals surface area contributed by atoms with Gasteiger partial charge < -0.3 is 10.2 Å². The third-order valence-corrected chi connectivity index (χ3v) is 5.16. The van der Waals surface area contributed by atoms with Crippen LogP contribution in [0.4, 0.5) is 5.69 Å². The van der Waals surface area contributed by atoms with E-state index < -0.39 is 0 Å². The molecule has 0 aromatic heterocycles. The molecular weight excluding hydrogens is 302 g/mol. The number of nitrogens with zero attached hydrogens (tertiary/aromatic N) is 2. The number of nitrogens with one attached hydrogen (secondary N) is 1. The van der Waals surface area contributed by atoms with Gasteiger partial charge in [-0.1, -0.05) is 12.8 Å². The first-order valence-corrected chi connectivity index (χ1v) is 8.97. The van der Waals surface area contributed by atoms with Gasteiger partial charge in [0.25, 0.3) is 0 Å². The molecule has 3 rings (SSSR count). The number of benzene rings is 1. The zero-order valence-corrected chi connectivity index (χ0v) is 14.5. The van der Waals surface area contributed by atoms with Crippen molar-refractivity contribution in [1.82, 2.24) is 9.80 Å². The average Bonchev–Trinajstić information content (AvgIpc) is 3.12. The molecule has 0 radical (unpaired) electrons. The Balaban J connectivity index is 1.51. The summed E-state index contributed by atoms with van der Waals surface area (Å²) < 4.78 is 0. The number of rotatable bonds is 5. The summed E-state index contributed by atoms with van der Waals surface area (Å²) >= 11 is 0. The molecule has 0 unspecified atom stereocenters. The molecule has 1 aromatic rings. The first kappa shape index (κ1) is 17.1. The topological polar surface area (TPSA) is 52.6 Å². The van der Waals surface area contributed by atoms with Gasteiger partial charge in [0.1, 0.15) is 0 Å². The van der Waals surface area contributed by atoms with Gasteiger partial charge in [0, 0.05) is 43.3 Å². The number of hydrogen-bond acceptors (Lipinski definition) is 4. The highest BCUT2D eigenvalue weighted by Crippen LogP contribution is 2.26. The second kappa shape index (κ2) is 7.90. The number of piperazine rings is 1. The molecule has 130 valence electrons. The van der Waals surface area contributed by atoms with Crippen LogP contribution < -0.4 is 5.32 Å². The Kier molecular flexibility index (Phi) is 5.63. The van der Waals surface area contributed by atoms with Crippen LogP contribution in [0.15, 0.2) is 24.3 Å². The predicted octanol–water partition coefficient (Wildman–Crippen LogP) is 2.25. The van der Waals surface area contributed by atoms with Crippen LogP contribution in [0.1, 0.15) is 36.0 Å². The molecule has 1 aliphatic carbocycles. The normalized spacial score (nSPS) is 20.2. The van der Waals surface area contributed by atoms with Gasteiger partial charge in [-0.05, 0) is 44.2 Å². The molecule has 5 nitrogen and oxygen atoms in total. The van der Waals surface area contributed by atoms with Crippen LogP contribution in [-0.2, 0) is 4.79 Å². The average molecular weight is 329 g/mol. The number of Topliss-reactive ketones (excluding diaryl/α,β-unsaturated/α-hetero) is 1. The van der Waals surface area contributed by atoms with Gasteiger partial charge in [0.05, 0.1) is 6.54 Å². The fourth-order valence-electron chi connectivity index (χ4n) is 3.47. The minimum atomic E-state index is 0.115. The molecule has 2 aliphatic rings. The molecule has 0 bridgehead atoms. The summed E-state index contributed by atoms with van der Waals surface area (Å²) in [5.74, 6) is 0.417. The molecule has 1 aliphatic heterocycles. The minimum Gasteiger partial charge on any atom is -0.326 e. The summed E-state index contributed by atoms with van der Waals surface area (Å²) in [6.07, 6.45) is 4.29. The Labute approximate surface area is 144 Å². The van der Waals surface area contributed by atoms with Crippen molar-refractivity contribution in [3.63, 3.8) is 0 Å². The third kappa shape index (κ3) is 4.42. The number of amides is 1. The van der Waals surface area contributed by atoms with E-state index in [9.17, 15) is 9.59 Å². The fourth-order valence-corrected chi connectivity index (χ4v) is 3.47. The number of carbonyl (C=O) groups is 2. The zero-order chi connectivity index (χ0) is 16.9. The van der Waals surface area contributed by atoms with Crippen LogP contribution in [0.5, 0.6) is 0 Å². The molecule has 0 atom stereocenters. The molecule has 1 amide bonds. The Hall–Kier alpha value is -1.72. The number of carbonyl (C=O) groups excluding carboxylic acids is 2. The van der Waals surface area contributed by atoms with Gasteiger partial charge in [-0.25, -0.2) is 0 Å². The van der Waals surface area contributed by atoms with Gasteiger partial charge in [-0.3, -0.25) is 14.5 Å². The van der Waals surface area contributed by atoms with Gasteiger partial charge in [-0.2, -0.15) is 0 Å². The maximum absolute atomic E-state index is 12.4. The summed E-state index contributed by atoms with van der Waals surface area (Å²) in [6.45, 7) is 4.38. The van der Waals surface area contributed by atoms with Crippen LogP contribution in [-0.4, -0.2) is 61.3 Å². The Morgan fingerprint density at radius 1 is 1.04 bits per heavy atom. The van der Waals surface area contributed by atoms with Crippen molar-refractivity contribution < 1.29 is 9.59 Å². The van der Waals surface area contributed by atoms with E-state index in [-0.39, 0.29) is 17.6 Å². The van der Waals surface area contributed by atoms with Crippen molar-refractivity contribution in [3.8, 4) is 0 Å². The van der Waals surface area contributed by atoms with Gasteiger partial charge in [-0.15, -0.1) is 0 Å². The maximum atomic E-state index is 12.4. The Bertz CT molecular complexity index is 571. The predicted molar refractivity (Wildman–Crippen MR) is 95.3 cm³/mol. The number of anilines is 1. The van der Waals surface area contributed by atoms with E-state index in [4.69, 9.17) is 0 Å². The highest BCUT2D eigenvalue weighted by atomic mass is 16.2. The molecular formula is C19H27N3O2. The second-order valence-corrected chi connectivity index (χ2v) is 7.05. The van der Waals surface area contributed by atoms with Gasteiger partial charge in [0.2, 0.25) is 5.91 Å². The second-order valence-electron chi connectivity index (χ2n) is 7.05. The van der Waals surface area contributed by atoms with Gasteiger partial charge >= 0.3 is 0 Å². The number of likely N-dealkylation sites (N-methyl/N-ethyl adjacent to an activating group) is 1. The summed E-state index contributed by atoms with van der Waals surface area (Å²) in [4.78, 5) is 29.0. The summed E-state index contributed by atoms with van der Waals surface area (Å²) in [5.41, 5.74) is 1.50. The lowest BCUT2D eigenvalue weighted by atomic mass is 10.1. The van der Waals surface area contributed by atoms with E-state index >= 15 is 0 Å². The van der Waals surface area contributed by atoms with Crippen molar-refractivity contribution in [1.29, 1.82) is 0 Å². The van der Waals surface area contributed by atoms with Crippen LogP contribution in [0.25, 0.3) is 0 Å². The van der Waals surface area contributed by atoms with Crippen molar-refractivity contribution in [2.45, 2.75) is 25.7 Å². The van der Waals surface area contributed by atoms with Crippen molar-refractivity contribution >= 4 is 17.4 Å². The number of hydrogen-bond donors (Lipinski definition) is 1. The van der Waals surface area contributed by atoms with E-state index in [0.717, 1.165) is 57.5 Å². The molecule has 1 aromatic carbocycles. The lowest BCUT2D eigenvalue weighted by Gasteiger charge is -2.31. The van der Waals surface area contributed by atoms with Gasteiger partial charge in [0.15, 0.2) is 5.78 Å². The Morgan fingerprint density at radius 3 is 2.29 bits per heavy atom. The van der Waals surface area contributed by atoms with E-state index in [0.29, 0.717) is 12.1 Å². The largest absolute Gasteiger partial charge is 0.326 e. The smallest absolute Gasteiger partial charge is 0.227 e. The lowest BCUT2D eigenvalue weighted by molar-refractivity contribution is -0.119. The molecule has 1 saturated heterocycles. The minimum absolute atomic E-state index is 0.115. The fraction of sp³-hybridized carbons (Fsp3) is 0.579. The molecule has 1 N–H and O–H groups in total. The molecule has 1 saturated carbocycles. The van der Waals surface area contributed by atoms with E-state index in [2.05, 4.69) is 22.2 Å². The van der Waals surface area contributed by atoms with E-state index in [1.54, 1.807) is 0 Å². The summed E-state index contributed by atoms with van der Waals surface area (Å²) in [5, 5.41) is 2.97. The van der Waals surface area contributed by atoms with E-state index in [1.807, 2.05) is 24.3 Å². The maximum Gasteiger partial charge on any atom is 0.227 e. The van der Waals surface area contributed by atoms with Crippen LogP contribution in [0.2, 0.25) is 0 Å². The standard InChI is InChI=1S/C19H27N3O2/c1-21-10-12-22(13-11-21)14-18(23)15-6-8-17(9-7-15)20-19(24)16-4-2-3-5-16/h6-9,16H,2-5,10-14H2,1H3,(H,20,24). The first-order valence-electron chi connectivity index (χ1n) is 8.97. The number of ketones is 1. The lowest BCUT2D eigenvalue weighted by Crippen LogP contribution is -2.46. The molecule has 0 spiro atoms. The first-order chi connectivity index (χ1) is 11.6. The molecule has 1 heterocycles. The van der Waals surface area contributed by atoms with Crippen molar-refractivity contribution in [2.75, 3.05) is 45.1 Å².